The quantitative estimate of drug-likeness (QED) is 0.311. The van der Waals surface area contributed by atoms with Crippen LogP contribution in [-0.2, 0) is 13.6 Å². The molecule has 0 amide bonds. The maximum atomic E-state index is 14.7. The van der Waals surface area contributed by atoms with Gasteiger partial charge in [0.25, 0.3) is 0 Å². The minimum Gasteiger partial charge on any atom is -0.336 e. The summed E-state index contributed by atoms with van der Waals surface area (Å²) in [6, 6.07) is 8.79. The van der Waals surface area contributed by atoms with Gasteiger partial charge in [0, 0.05) is 42.5 Å². The highest BCUT2D eigenvalue weighted by atomic mass is 19.1. The average molecular weight is 480 g/mol. The Morgan fingerprint density at radius 3 is 2.64 bits per heavy atom. The van der Waals surface area contributed by atoms with Gasteiger partial charge in [0.1, 0.15) is 17.0 Å². The Balaban J connectivity index is 1.51. The Kier molecular flexibility index (Phi) is 5.50. The van der Waals surface area contributed by atoms with Crippen LogP contribution in [0.2, 0.25) is 0 Å². The fraction of sp³-hybridized carbons (Fsp3) is 0.286. The first-order valence-electron chi connectivity index (χ1n) is 12.1. The van der Waals surface area contributed by atoms with Crippen LogP contribution in [0.4, 0.5) is 10.1 Å². The molecule has 1 aliphatic rings. The zero-order chi connectivity index (χ0) is 24.8. The second-order valence-electron chi connectivity index (χ2n) is 9.70. The molecular formula is C28H26FN7. The number of nitrogens with zero attached hydrogens (tertiary/aromatic N) is 7. The maximum Gasteiger partial charge on any atom is 0.222 e. The fourth-order valence-corrected chi connectivity index (χ4v) is 5.22. The van der Waals surface area contributed by atoms with Crippen molar-refractivity contribution >= 4 is 27.8 Å². The molecule has 6 rings (SSSR count). The Labute approximate surface area is 208 Å². The minimum atomic E-state index is -0.548. The predicted octanol–water partition coefficient (Wildman–Crippen LogP) is 5.68. The van der Waals surface area contributed by atoms with E-state index in [1.54, 1.807) is 12.3 Å². The molecule has 0 saturated carbocycles. The molecule has 5 heterocycles. The number of hydrogen-bond acceptors (Lipinski definition) is 4. The number of halogens is 1. The maximum absolute atomic E-state index is 14.7. The molecule has 1 saturated heterocycles. The van der Waals surface area contributed by atoms with Crippen molar-refractivity contribution in [1.82, 2.24) is 29.0 Å². The molecule has 0 atom stereocenters. The lowest BCUT2D eigenvalue weighted by molar-refractivity contribution is 0.206. The molecule has 1 aliphatic heterocycles. The molecule has 0 spiro atoms. The Bertz CT molecular complexity index is 1630. The summed E-state index contributed by atoms with van der Waals surface area (Å²) in [5.74, 6) is 0.0367. The highest BCUT2D eigenvalue weighted by Gasteiger charge is 2.22. The Hall–Kier alpha value is -4.09. The smallest absolute Gasteiger partial charge is 0.222 e. The van der Waals surface area contributed by atoms with E-state index in [0.717, 1.165) is 65.7 Å². The molecule has 0 N–H and O–H groups in total. The third-order valence-electron chi connectivity index (χ3n) is 7.30. The van der Waals surface area contributed by atoms with Gasteiger partial charge in [-0.1, -0.05) is 12.1 Å². The number of pyridine rings is 2. The van der Waals surface area contributed by atoms with E-state index in [1.807, 2.05) is 36.4 Å². The van der Waals surface area contributed by atoms with Gasteiger partial charge in [-0.05, 0) is 62.7 Å². The average Bonchev–Trinajstić information content (AvgIpc) is 3.47. The van der Waals surface area contributed by atoms with Crippen LogP contribution in [0.1, 0.15) is 12.8 Å². The second kappa shape index (κ2) is 8.85. The number of hydrogen-bond donors (Lipinski definition) is 0. The zero-order valence-corrected chi connectivity index (χ0v) is 20.3. The number of likely N-dealkylation sites (tertiary alicyclic amines) is 1. The largest absolute Gasteiger partial charge is 0.336 e. The highest BCUT2D eigenvalue weighted by molar-refractivity contribution is 6.00. The molecule has 36 heavy (non-hydrogen) atoms. The van der Waals surface area contributed by atoms with Crippen molar-refractivity contribution in [3.05, 3.63) is 72.5 Å². The third-order valence-corrected chi connectivity index (χ3v) is 7.30. The number of imidazole rings is 1. The molecule has 0 bridgehead atoms. The third kappa shape index (κ3) is 3.82. The van der Waals surface area contributed by atoms with Gasteiger partial charge in [-0.25, -0.2) is 19.2 Å². The summed E-state index contributed by atoms with van der Waals surface area (Å²) in [4.78, 5) is 20.0. The van der Waals surface area contributed by atoms with Gasteiger partial charge in [-0.15, -0.1) is 0 Å². The van der Waals surface area contributed by atoms with Crippen LogP contribution >= 0.6 is 0 Å². The van der Waals surface area contributed by atoms with Gasteiger partial charge in [0.05, 0.1) is 30.3 Å². The van der Waals surface area contributed by atoms with Crippen molar-refractivity contribution in [2.45, 2.75) is 19.4 Å². The molecule has 4 aromatic heterocycles. The predicted molar refractivity (Wildman–Crippen MR) is 139 cm³/mol. The van der Waals surface area contributed by atoms with E-state index in [4.69, 9.17) is 16.5 Å². The van der Waals surface area contributed by atoms with Crippen LogP contribution in [0, 0.1) is 18.3 Å². The summed E-state index contributed by atoms with van der Waals surface area (Å²) in [6.07, 6.45) is 9.83. The van der Waals surface area contributed by atoms with Gasteiger partial charge in [0.2, 0.25) is 5.69 Å². The van der Waals surface area contributed by atoms with Crippen molar-refractivity contribution in [2.24, 2.45) is 13.0 Å². The number of benzene rings is 1. The van der Waals surface area contributed by atoms with E-state index in [0.29, 0.717) is 17.2 Å². The van der Waals surface area contributed by atoms with Crippen molar-refractivity contribution < 1.29 is 4.39 Å². The number of piperidine rings is 1. The minimum absolute atomic E-state index is 0.000557. The number of rotatable bonds is 4. The first-order chi connectivity index (χ1) is 17.5. The topological polar surface area (TPSA) is 56.1 Å². The summed E-state index contributed by atoms with van der Waals surface area (Å²) in [6.45, 7) is 10.3. The number of aromatic nitrogens is 5. The monoisotopic (exact) mass is 479 g/mol. The van der Waals surface area contributed by atoms with E-state index in [-0.39, 0.29) is 5.69 Å². The van der Waals surface area contributed by atoms with Gasteiger partial charge in [0.15, 0.2) is 0 Å². The first kappa shape index (κ1) is 22.4. The normalized spacial score (nSPS) is 15.1. The Morgan fingerprint density at radius 2 is 1.86 bits per heavy atom. The molecule has 8 heteroatoms. The molecule has 0 aliphatic carbocycles. The van der Waals surface area contributed by atoms with Crippen LogP contribution in [0.15, 0.2) is 55.2 Å². The highest BCUT2D eigenvalue weighted by Crippen LogP contribution is 2.38. The van der Waals surface area contributed by atoms with E-state index in [1.165, 1.54) is 12.1 Å². The van der Waals surface area contributed by atoms with Crippen molar-refractivity contribution in [2.75, 3.05) is 20.1 Å². The van der Waals surface area contributed by atoms with Gasteiger partial charge in [-0.2, -0.15) is 0 Å². The Morgan fingerprint density at radius 1 is 1.03 bits per heavy atom. The SMILES string of the molecule is [C-]#[N+]c1ccc(-c2c(-c3cnc4c(ccn4C)c3)ncc3c2ncn3CC2CCN(C)CC2)cc1F. The fourth-order valence-electron chi connectivity index (χ4n) is 5.22. The zero-order valence-electron chi connectivity index (χ0n) is 20.3. The molecule has 5 aromatic rings. The van der Waals surface area contributed by atoms with Crippen molar-refractivity contribution in [3.8, 4) is 22.4 Å². The lowest BCUT2D eigenvalue weighted by atomic mass is 9.96. The van der Waals surface area contributed by atoms with Crippen molar-refractivity contribution in [3.63, 3.8) is 0 Å². The summed E-state index contributed by atoms with van der Waals surface area (Å²) in [7, 11) is 4.13. The van der Waals surface area contributed by atoms with Crippen molar-refractivity contribution in [1.29, 1.82) is 0 Å². The lowest BCUT2D eigenvalue weighted by Crippen LogP contribution is -2.31. The summed E-state index contributed by atoms with van der Waals surface area (Å²) in [5, 5.41) is 1.00. The molecule has 180 valence electrons. The van der Waals surface area contributed by atoms with E-state index >= 15 is 0 Å². The van der Waals surface area contributed by atoms with E-state index in [9.17, 15) is 4.39 Å². The summed E-state index contributed by atoms with van der Waals surface area (Å²) >= 11 is 0. The van der Waals surface area contributed by atoms with Crippen LogP contribution < -0.4 is 0 Å². The summed E-state index contributed by atoms with van der Waals surface area (Å²) < 4.78 is 18.9. The second-order valence-corrected chi connectivity index (χ2v) is 9.70. The molecule has 0 unspecified atom stereocenters. The first-order valence-corrected chi connectivity index (χ1v) is 12.1. The van der Waals surface area contributed by atoms with Crippen LogP contribution in [0.5, 0.6) is 0 Å². The van der Waals surface area contributed by atoms with E-state index < -0.39 is 5.82 Å². The molecule has 1 aromatic carbocycles. The number of fused-ring (bicyclic) bond motifs is 2. The van der Waals surface area contributed by atoms with Crippen LogP contribution in [0.3, 0.4) is 0 Å². The lowest BCUT2D eigenvalue weighted by Gasteiger charge is -2.29. The molecule has 1 fully saturated rings. The van der Waals surface area contributed by atoms with Gasteiger partial charge < -0.3 is 14.0 Å². The molecular weight excluding hydrogens is 453 g/mol. The standard InChI is InChI=1S/C28H26FN7/c1-30-23-5-4-19(13-22(23)29)25-26(21-12-20-8-11-35(3)28(20)32-14-21)31-15-24-27(25)33-17-36(24)16-18-6-9-34(2)10-7-18/h4-5,8,11-15,17-18H,6-7,9-10,16H2,2-3H3. The molecule has 0 radical (unpaired) electrons. The molecule has 7 nitrogen and oxygen atoms in total. The number of aryl methyl sites for hydroxylation is 1. The van der Waals surface area contributed by atoms with E-state index in [2.05, 4.69) is 32.4 Å². The van der Waals surface area contributed by atoms with Crippen LogP contribution in [0.25, 0.3) is 49.3 Å². The van der Waals surface area contributed by atoms with Crippen LogP contribution in [-0.4, -0.2) is 49.1 Å². The van der Waals surface area contributed by atoms with Gasteiger partial charge >= 0.3 is 0 Å². The van der Waals surface area contributed by atoms with Gasteiger partial charge in [-0.3, -0.25) is 4.98 Å². The summed E-state index contributed by atoms with van der Waals surface area (Å²) in [5.41, 5.74) is 5.52.